The molecule has 5 aromatic rings. The van der Waals surface area contributed by atoms with Crippen LogP contribution in [0.3, 0.4) is 0 Å². The third-order valence-corrected chi connectivity index (χ3v) is 5.03. The largest absolute Gasteiger partial charge is 0.437 e. The number of hydrogen-bond donors (Lipinski definition) is 0. The molecule has 0 saturated heterocycles. The van der Waals surface area contributed by atoms with Crippen LogP contribution in [0, 0.1) is 20.6 Å². The summed E-state index contributed by atoms with van der Waals surface area (Å²) in [5, 5.41) is 2.03. The molecule has 0 amide bonds. The van der Waals surface area contributed by atoms with Gasteiger partial charge in [0.1, 0.15) is 7.05 Å². The van der Waals surface area contributed by atoms with Gasteiger partial charge in [0.05, 0.1) is 11.1 Å². The number of benzene rings is 2. The quantitative estimate of drug-likeness (QED) is 0.367. The minimum absolute atomic E-state index is 0.205. The lowest BCUT2D eigenvalue weighted by atomic mass is 9.96. The third kappa shape index (κ3) is 2.35. The third-order valence-electron chi connectivity index (χ3n) is 5.03. The summed E-state index contributed by atoms with van der Waals surface area (Å²) in [4.78, 5) is 4.64. The van der Waals surface area contributed by atoms with Crippen LogP contribution in [0.4, 0.5) is 0 Å². The molecule has 0 fully saturated rings. The fourth-order valence-corrected chi connectivity index (χ4v) is 3.79. The zero-order chi connectivity index (χ0) is 23.7. The SMILES string of the molecule is [2H]C([2H])([2H])c1ccc(-c2c(C)cc(C([2H])([2H])[2H])c3c2oc2nc4ccccc4cc23)[n+](C)c1. The number of nitrogens with zero attached hydrogens (tertiary/aromatic N) is 2. The van der Waals surface area contributed by atoms with Gasteiger partial charge in [-0.25, -0.2) is 9.55 Å². The first-order chi connectivity index (χ1) is 15.4. The molecule has 5 rings (SSSR count). The molecule has 0 aliphatic heterocycles. The Kier molecular flexibility index (Phi) is 2.27. The molecule has 0 atom stereocenters. The van der Waals surface area contributed by atoms with Gasteiger partial charge in [-0.15, -0.1) is 0 Å². The molecule has 3 nitrogen and oxygen atoms in total. The van der Waals surface area contributed by atoms with Crippen molar-refractivity contribution in [3.63, 3.8) is 0 Å². The van der Waals surface area contributed by atoms with Crippen molar-refractivity contribution in [1.29, 1.82) is 0 Å². The number of aryl methyl sites for hydroxylation is 4. The standard InChI is InChI=1S/C24H21N2O/c1-14-9-10-20(26(4)13-14)22-16(3)11-15(2)21-18-12-17-7-5-6-8-19(17)25-24(18)27-23(21)22/h5-13H,1-4H3/q+1/i1D3,2D3. The van der Waals surface area contributed by atoms with Crippen LogP contribution < -0.4 is 4.57 Å². The van der Waals surface area contributed by atoms with Gasteiger partial charge in [-0.3, -0.25) is 0 Å². The van der Waals surface area contributed by atoms with Gasteiger partial charge in [-0.05, 0) is 50.0 Å². The summed E-state index contributed by atoms with van der Waals surface area (Å²) in [7, 11) is 1.77. The summed E-state index contributed by atoms with van der Waals surface area (Å²) < 4.78 is 55.5. The summed E-state index contributed by atoms with van der Waals surface area (Å²) in [5.74, 6) is 0. The van der Waals surface area contributed by atoms with Crippen LogP contribution in [0.1, 0.15) is 24.9 Å². The Hall–Kier alpha value is -3.20. The molecule has 3 aromatic heterocycles. The average molecular weight is 359 g/mol. The van der Waals surface area contributed by atoms with Crippen molar-refractivity contribution in [2.45, 2.75) is 20.6 Å². The van der Waals surface area contributed by atoms with Gasteiger partial charge in [0.2, 0.25) is 11.4 Å². The summed E-state index contributed by atoms with van der Waals surface area (Å²) in [6.07, 6.45) is 1.57. The molecule has 0 saturated carbocycles. The molecule has 0 N–H and O–H groups in total. The normalized spacial score (nSPS) is 15.9. The molecular formula is C24H21N2O+. The van der Waals surface area contributed by atoms with Crippen molar-refractivity contribution >= 4 is 33.0 Å². The molecule has 0 aliphatic carbocycles. The highest BCUT2D eigenvalue weighted by Gasteiger charge is 2.22. The smallest absolute Gasteiger partial charge is 0.227 e. The van der Waals surface area contributed by atoms with Gasteiger partial charge in [-0.1, -0.05) is 24.3 Å². The van der Waals surface area contributed by atoms with Crippen LogP contribution in [0.5, 0.6) is 0 Å². The Balaban J connectivity index is 1.91. The van der Waals surface area contributed by atoms with E-state index >= 15 is 0 Å². The van der Waals surface area contributed by atoms with Crippen molar-refractivity contribution in [2.24, 2.45) is 7.05 Å². The zero-order valence-corrected chi connectivity index (χ0v) is 15.0. The minimum Gasteiger partial charge on any atom is -0.437 e. The number of furan rings is 1. The number of para-hydroxylation sites is 1. The molecule has 0 aliphatic rings. The zero-order valence-electron chi connectivity index (χ0n) is 21.0. The molecule has 3 heteroatoms. The summed E-state index contributed by atoms with van der Waals surface area (Å²) in [6, 6.07) is 14.5. The van der Waals surface area contributed by atoms with E-state index in [1.807, 2.05) is 37.3 Å². The topological polar surface area (TPSA) is 29.9 Å². The first kappa shape index (κ1) is 10.8. The first-order valence-corrected chi connectivity index (χ1v) is 8.72. The Labute approximate surface area is 166 Å². The van der Waals surface area contributed by atoms with Crippen molar-refractivity contribution < 1.29 is 17.2 Å². The van der Waals surface area contributed by atoms with Crippen molar-refractivity contribution in [3.05, 3.63) is 71.4 Å². The second kappa shape index (κ2) is 5.65. The van der Waals surface area contributed by atoms with Crippen LogP contribution in [0.25, 0.3) is 44.2 Å². The van der Waals surface area contributed by atoms with E-state index in [2.05, 4.69) is 4.98 Å². The predicted octanol–water partition coefficient (Wildman–Crippen LogP) is 5.55. The van der Waals surface area contributed by atoms with Gasteiger partial charge in [0.15, 0.2) is 11.8 Å². The lowest BCUT2D eigenvalue weighted by molar-refractivity contribution is -0.660. The summed E-state index contributed by atoms with van der Waals surface area (Å²) in [6.45, 7) is -2.74. The lowest BCUT2D eigenvalue weighted by Gasteiger charge is -2.08. The van der Waals surface area contributed by atoms with Gasteiger partial charge in [0, 0.05) is 36.0 Å². The average Bonchev–Trinajstić information content (AvgIpc) is 3.08. The maximum atomic E-state index is 8.15. The van der Waals surface area contributed by atoms with E-state index < -0.39 is 13.7 Å². The molecule has 27 heavy (non-hydrogen) atoms. The first-order valence-electron chi connectivity index (χ1n) is 11.7. The van der Waals surface area contributed by atoms with Gasteiger partial charge < -0.3 is 4.42 Å². The molecule has 3 heterocycles. The number of pyridine rings is 2. The molecule has 0 unspecified atom stereocenters. The Bertz CT molecular complexity index is 1560. The van der Waals surface area contributed by atoms with Gasteiger partial charge in [0.25, 0.3) is 0 Å². The predicted molar refractivity (Wildman–Crippen MR) is 110 cm³/mol. The highest BCUT2D eigenvalue weighted by atomic mass is 16.3. The van der Waals surface area contributed by atoms with E-state index in [4.69, 9.17) is 12.6 Å². The molecular weight excluding hydrogens is 332 g/mol. The number of hydrogen-bond acceptors (Lipinski definition) is 2. The van der Waals surface area contributed by atoms with Crippen molar-refractivity contribution in [3.8, 4) is 11.3 Å². The van der Waals surface area contributed by atoms with Crippen LogP contribution in [0.15, 0.2) is 59.1 Å². The van der Waals surface area contributed by atoms with E-state index in [-0.39, 0.29) is 11.1 Å². The molecule has 0 bridgehead atoms. The van der Waals surface area contributed by atoms with E-state index in [9.17, 15) is 0 Å². The maximum Gasteiger partial charge on any atom is 0.227 e. The lowest BCUT2D eigenvalue weighted by Crippen LogP contribution is -2.31. The Morgan fingerprint density at radius 1 is 1.04 bits per heavy atom. The van der Waals surface area contributed by atoms with Crippen LogP contribution in [-0.2, 0) is 7.05 Å². The molecule has 0 spiro atoms. The van der Waals surface area contributed by atoms with Crippen LogP contribution in [-0.4, -0.2) is 4.98 Å². The highest BCUT2D eigenvalue weighted by molar-refractivity contribution is 6.12. The van der Waals surface area contributed by atoms with Crippen LogP contribution >= 0.6 is 0 Å². The maximum absolute atomic E-state index is 8.15. The van der Waals surface area contributed by atoms with Crippen molar-refractivity contribution in [1.82, 2.24) is 4.98 Å². The number of fused-ring (bicyclic) bond motifs is 4. The fourth-order valence-electron chi connectivity index (χ4n) is 3.79. The number of rotatable bonds is 1. The van der Waals surface area contributed by atoms with E-state index in [0.717, 1.165) is 16.5 Å². The summed E-state index contributed by atoms with van der Waals surface area (Å²) in [5.41, 5.74) is 4.11. The number of aromatic nitrogens is 2. The Morgan fingerprint density at radius 2 is 1.93 bits per heavy atom. The molecule has 132 valence electrons. The van der Waals surface area contributed by atoms with Gasteiger partial charge in [-0.2, -0.15) is 0 Å². The van der Waals surface area contributed by atoms with E-state index in [1.54, 1.807) is 36.0 Å². The second-order valence-corrected chi connectivity index (χ2v) is 6.87. The molecule has 2 aromatic carbocycles. The second-order valence-electron chi connectivity index (χ2n) is 6.87. The van der Waals surface area contributed by atoms with Crippen LogP contribution in [0.2, 0.25) is 0 Å². The fraction of sp³-hybridized carbons (Fsp3) is 0.167. The highest BCUT2D eigenvalue weighted by Crippen LogP contribution is 2.39. The van der Waals surface area contributed by atoms with E-state index in [1.165, 1.54) is 0 Å². The van der Waals surface area contributed by atoms with E-state index in [0.29, 0.717) is 33.3 Å². The molecule has 0 radical (unpaired) electrons. The van der Waals surface area contributed by atoms with Crippen molar-refractivity contribution in [2.75, 3.05) is 0 Å². The summed E-state index contributed by atoms with van der Waals surface area (Å²) >= 11 is 0. The van der Waals surface area contributed by atoms with Gasteiger partial charge >= 0.3 is 0 Å². The monoisotopic (exact) mass is 359 g/mol. The Morgan fingerprint density at radius 3 is 2.74 bits per heavy atom. The minimum atomic E-state index is -2.35.